The zero-order chi connectivity index (χ0) is 11.0. The molecule has 1 aliphatic rings. The van der Waals surface area contributed by atoms with E-state index in [1.54, 1.807) is 0 Å². The summed E-state index contributed by atoms with van der Waals surface area (Å²) in [5.74, 6) is 1.74. The zero-order valence-electron chi connectivity index (χ0n) is 9.26. The maximum Gasteiger partial charge on any atom is 0.164 e. The number of rotatable bonds is 3. The van der Waals surface area contributed by atoms with Crippen LogP contribution in [0.5, 0.6) is 0 Å². The Morgan fingerprint density at radius 1 is 1.38 bits per heavy atom. The largest absolute Gasteiger partial charge is 0.330 e. The van der Waals surface area contributed by atoms with Crippen molar-refractivity contribution >= 4 is 5.65 Å². The Morgan fingerprint density at radius 2 is 2.25 bits per heavy atom. The fourth-order valence-electron chi connectivity index (χ4n) is 2.28. The number of fused-ring (bicyclic) bond motifs is 1. The summed E-state index contributed by atoms with van der Waals surface area (Å²) in [7, 11) is 0. The fourth-order valence-corrected chi connectivity index (χ4v) is 2.28. The summed E-state index contributed by atoms with van der Waals surface area (Å²) in [5, 5.41) is 8.63. The molecule has 1 aliphatic carbocycles. The quantitative estimate of drug-likeness (QED) is 0.845. The van der Waals surface area contributed by atoms with E-state index in [-0.39, 0.29) is 0 Å². The Kier molecular flexibility index (Phi) is 2.36. The minimum Gasteiger partial charge on any atom is -0.330 e. The lowest BCUT2D eigenvalue weighted by Gasteiger charge is -2.23. The normalized spacial score (nSPS) is 16.6. The van der Waals surface area contributed by atoms with Crippen molar-refractivity contribution in [2.24, 2.45) is 5.73 Å². The summed E-state index contributed by atoms with van der Waals surface area (Å²) in [6, 6.07) is 4.14. The molecule has 84 valence electrons. The lowest BCUT2D eigenvalue weighted by Crippen LogP contribution is -2.12. The second kappa shape index (κ2) is 3.87. The van der Waals surface area contributed by atoms with Gasteiger partial charge in [-0.25, -0.2) is 0 Å². The molecule has 4 heteroatoms. The Labute approximate surface area is 94.5 Å². The van der Waals surface area contributed by atoms with E-state index in [0.29, 0.717) is 12.5 Å². The minimum absolute atomic E-state index is 0.614. The average Bonchev–Trinajstić information content (AvgIpc) is 2.62. The van der Waals surface area contributed by atoms with E-state index in [1.807, 2.05) is 0 Å². The smallest absolute Gasteiger partial charge is 0.164 e. The van der Waals surface area contributed by atoms with Gasteiger partial charge < -0.3 is 5.73 Å². The molecule has 1 saturated carbocycles. The highest BCUT2D eigenvalue weighted by atomic mass is 15.2. The van der Waals surface area contributed by atoms with Crippen molar-refractivity contribution in [3.05, 3.63) is 29.7 Å². The number of nitrogens with zero attached hydrogens (tertiary/aromatic N) is 3. The molecular weight excluding hydrogens is 200 g/mol. The van der Waals surface area contributed by atoms with Gasteiger partial charge in [0, 0.05) is 12.1 Å². The number of pyridine rings is 1. The highest BCUT2D eigenvalue weighted by molar-refractivity contribution is 5.48. The molecule has 0 radical (unpaired) electrons. The van der Waals surface area contributed by atoms with Crippen molar-refractivity contribution in [2.75, 3.05) is 6.54 Å². The van der Waals surface area contributed by atoms with E-state index in [1.165, 1.54) is 24.8 Å². The van der Waals surface area contributed by atoms with Gasteiger partial charge in [0.25, 0.3) is 0 Å². The maximum absolute atomic E-state index is 5.60. The summed E-state index contributed by atoms with van der Waals surface area (Å²) >= 11 is 0. The van der Waals surface area contributed by atoms with Crippen LogP contribution >= 0.6 is 0 Å². The van der Waals surface area contributed by atoms with E-state index in [9.17, 15) is 0 Å². The highest BCUT2D eigenvalue weighted by Crippen LogP contribution is 2.35. The standard InChI is InChI=1S/C12H16N4/c13-7-6-10-5-2-8-16-11(9-3-1-4-9)14-15-12(10)16/h2,5,8-9H,1,3-4,6-7,13H2. The van der Waals surface area contributed by atoms with Crippen LogP contribution in [0.4, 0.5) is 0 Å². The molecule has 0 aromatic carbocycles. The molecule has 0 atom stereocenters. The van der Waals surface area contributed by atoms with Crippen molar-refractivity contribution in [3.63, 3.8) is 0 Å². The van der Waals surface area contributed by atoms with Gasteiger partial charge in [0.1, 0.15) is 5.82 Å². The van der Waals surface area contributed by atoms with Crippen molar-refractivity contribution < 1.29 is 0 Å². The Balaban J connectivity index is 2.08. The lowest BCUT2D eigenvalue weighted by molar-refractivity contribution is 0.399. The number of hydrogen-bond acceptors (Lipinski definition) is 3. The van der Waals surface area contributed by atoms with Gasteiger partial charge in [0.2, 0.25) is 0 Å². The van der Waals surface area contributed by atoms with Gasteiger partial charge in [0.05, 0.1) is 0 Å². The lowest BCUT2D eigenvalue weighted by atomic mass is 9.85. The van der Waals surface area contributed by atoms with E-state index in [4.69, 9.17) is 5.73 Å². The van der Waals surface area contributed by atoms with Gasteiger partial charge >= 0.3 is 0 Å². The van der Waals surface area contributed by atoms with Crippen molar-refractivity contribution in [3.8, 4) is 0 Å². The number of aromatic nitrogens is 3. The van der Waals surface area contributed by atoms with Crippen LogP contribution in [0.2, 0.25) is 0 Å². The van der Waals surface area contributed by atoms with Gasteiger partial charge in [-0.1, -0.05) is 12.5 Å². The monoisotopic (exact) mass is 216 g/mol. The molecule has 2 N–H and O–H groups in total. The van der Waals surface area contributed by atoms with Gasteiger partial charge in [-0.3, -0.25) is 4.40 Å². The van der Waals surface area contributed by atoms with Crippen molar-refractivity contribution in [1.82, 2.24) is 14.6 Å². The SMILES string of the molecule is NCCc1cccn2c(C3CCC3)nnc12. The summed E-state index contributed by atoms with van der Waals surface area (Å²) in [6.07, 6.45) is 6.75. The number of hydrogen-bond donors (Lipinski definition) is 1. The molecule has 16 heavy (non-hydrogen) atoms. The topological polar surface area (TPSA) is 56.2 Å². The van der Waals surface area contributed by atoms with Crippen molar-refractivity contribution in [1.29, 1.82) is 0 Å². The third kappa shape index (κ3) is 1.41. The van der Waals surface area contributed by atoms with E-state index >= 15 is 0 Å². The third-order valence-electron chi connectivity index (χ3n) is 3.43. The molecule has 1 fully saturated rings. The third-order valence-corrected chi connectivity index (χ3v) is 3.43. The van der Waals surface area contributed by atoms with Gasteiger partial charge in [-0.05, 0) is 37.4 Å². The van der Waals surface area contributed by atoms with Crippen LogP contribution in [0.1, 0.15) is 36.6 Å². The summed E-state index contributed by atoms with van der Waals surface area (Å²) in [5.41, 5.74) is 7.78. The minimum atomic E-state index is 0.614. The first-order chi connectivity index (χ1) is 7.90. The molecular formula is C12H16N4. The predicted octanol–water partition coefficient (Wildman–Crippen LogP) is 1.50. The predicted molar refractivity (Wildman–Crippen MR) is 62.3 cm³/mol. The molecule has 0 unspecified atom stereocenters. The summed E-state index contributed by atoms with van der Waals surface area (Å²) in [6.45, 7) is 0.658. The van der Waals surface area contributed by atoms with Crippen LogP contribution in [0.25, 0.3) is 5.65 Å². The Morgan fingerprint density at radius 3 is 2.94 bits per heavy atom. The molecule has 2 aromatic rings. The number of nitrogens with two attached hydrogens (primary N) is 1. The van der Waals surface area contributed by atoms with Gasteiger partial charge in [0.15, 0.2) is 5.65 Å². The summed E-state index contributed by atoms with van der Waals surface area (Å²) in [4.78, 5) is 0. The maximum atomic E-state index is 5.60. The molecule has 0 aliphatic heterocycles. The molecule has 0 bridgehead atoms. The van der Waals surface area contributed by atoms with Crippen LogP contribution < -0.4 is 5.73 Å². The van der Waals surface area contributed by atoms with Crippen molar-refractivity contribution in [2.45, 2.75) is 31.6 Å². The molecule has 3 rings (SSSR count). The Bertz CT molecular complexity index is 499. The summed E-state index contributed by atoms with van der Waals surface area (Å²) < 4.78 is 2.13. The average molecular weight is 216 g/mol. The van der Waals surface area contributed by atoms with Gasteiger partial charge in [-0.15, -0.1) is 10.2 Å². The van der Waals surface area contributed by atoms with Crippen LogP contribution in [-0.4, -0.2) is 21.1 Å². The van der Waals surface area contributed by atoms with Crippen LogP contribution in [-0.2, 0) is 6.42 Å². The molecule has 0 saturated heterocycles. The second-order valence-corrected chi connectivity index (χ2v) is 4.45. The molecule has 2 heterocycles. The van der Waals surface area contributed by atoms with E-state index < -0.39 is 0 Å². The van der Waals surface area contributed by atoms with Crippen LogP contribution in [0.3, 0.4) is 0 Å². The zero-order valence-corrected chi connectivity index (χ0v) is 9.26. The van der Waals surface area contributed by atoms with E-state index in [0.717, 1.165) is 17.9 Å². The van der Waals surface area contributed by atoms with E-state index in [2.05, 4.69) is 32.9 Å². The molecule has 0 amide bonds. The second-order valence-electron chi connectivity index (χ2n) is 4.45. The van der Waals surface area contributed by atoms with Crippen LogP contribution in [0, 0.1) is 0 Å². The fraction of sp³-hybridized carbons (Fsp3) is 0.500. The molecule has 0 spiro atoms. The molecule has 2 aromatic heterocycles. The first-order valence-corrected chi connectivity index (χ1v) is 5.92. The Hall–Kier alpha value is -1.42. The van der Waals surface area contributed by atoms with Crippen LogP contribution in [0.15, 0.2) is 18.3 Å². The first kappa shape index (κ1) is 9.78. The highest BCUT2D eigenvalue weighted by Gasteiger charge is 2.24. The first-order valence-electron chi connectivity index (χ1n) is 5.92. The molecule has 4 nitrogen and oxygen atoms in total. The van der Waals surface area contributed by atoms with Gasteiger partial charge in [-0.2, -0.15) is 0 Å².